The van der Waals surface area contributed by atoms with E-state index < -0.39 is 0 Å². The summed E-state index contributed by atoms with van der Waals surface area (Å²) >= 11 is 1.52. The van der Waals surface area contributed by atoms with Crippen molar-refractivity contribution >= 4 is 27.5 Å². The molecule has 0 aliphatic rings. The van der Waals surface area contributed by atoms with Crippen LogP contribution in [-0.2, 0) is 14.1 Å². The van der Waals surface area contributed by atoms with Crippen molar-refractivity contribution in [3.8, 4) is 0 Å². The molecule has 0 spiro atoms. The summed E-state index contributed by atoms with van der Waals surface area (Å²) in [6.45, 7) is 3.94. The zero-order valence-electron chi connectivity index (χ0n) is 10.5. The molecule has 6 nitrogen and oxygen atoms in total. The number of aryl methyl sites for hydroxylation is 3. The lowest BCUT2D eigenvalue weighted by atomic mass is 10.4. The van der Waals surface area contributed by atoms with Crippen molar-refractivity contribution in [2.45, 2.75) is 13.8 Å². The topological polar surface area (TPSA) is 61.3 Å². The molecule has 0 fully saturated rings. The Kier molecular flexibility index (Phi) is 2.07. The molecule has 0 atom stereocenters. The molecule has 3 aromatic heterocycles. The van der Waals surface area contributed by atoms with Crippen LogP contribution < -0.4 is 11.2 Å². The fraction of sp³-hybridized carbons (Fsp3) is 0.364. The predicted octanol–water partition coefficient (Wildman–Crippen LogP) is 0.563. The Morgan fingerprint density at radius 1 is 1.11 bits per heavy atom. The van der Waals surface area contributed by atoms with E-state index in [0.29, 0.717) is 11.2 Å². The Morgan fingerprint density at radius 2 is 1.78 bits per heavy atom. The van der Waals surface area contributed by atoms with Gasteiger partial charge in [0.25, 0.3) is 5.56 Å². The van der Waals surface area contributed by atoms with Crippen molar-refractivity contribution in [3.05, 3.63) is 31.4 Å². The number of aromatic nitrogens is 4. The molecule has 0 bridgehead atoms. The number of thiazole rings is 1. The maximum absolute atomic E-state index is 12.2. The highest BCUT2D eigenvalue weighted by Gasteiger charge is 2.18. The van der Waals surface area contributed by atoms with E-state index in [4.69, 9.17) is 0 Å². The highest BCUT2D eigenvalue weighted by Crippen LogP contribution is 2.24. The lowest BCUT2D eigenvalue weighted by Gasteiger charge is -2.03. The van der Waals surface area contributed by atoms with E-state index >= 15 is 0 Å². The summed E-state index contributed by atoms with van der Waals surface area (Å²) in [7, 11) is 3.11. The van der Waals surface area contributed by atoms with Crippen LogP contribution in [0.3, 0.4) is 0 Å². The quantitative estimate of drug-likeness (QED) is 0.596. The second kappa shape index (κ2) is 3.32. The van der Waals surface area contributed by atoms with Crippen molar-refractivity contribution in [1.82, 2.24) is 18.5 Å². The monoisotopic (exact) mass is 264 g/mol. The summed E-state index contributed by atoms with van der Waals surface area (Å²) in [6, 6.07) is 0. The highest BCUT2D eigenvalue weighted by molar-refractivity contribution is 7.17. The van der Waals surface area contributed by atoms with Gasteiger partial charge >= 0.3 is 5.69 Å². The number of imidazole rings is 1. The number of rotatable bonds is 0. The summed E-state index contributed by atoms with van der Waals surface area (Å²) < 4.78 is 4.35. The molecule has 3 rings (SSSR count). The maximum atomic E-state index is 12.2. The minimum absolute atomic E-state index is 0.304. The van der Waals surface area contributed by atoms with Gasteiger partial charge in [-0.3, -0.25) is 18.3 Å². The number of hydrogen-bond acceptors (Lipinski definition) is 4. The lowest BCUT2D eigenvalue weighted by Crippen LogP contribution is -2.37. The van der Waals surface area contributed by atoms with Crippen molar-refractivity contribution in [1.29, 1.82) is 0 Å². The van der Waals surface area contributed by atoms with Crippen LogP contribution in [0.1, 0.15) is 10.6 Å². The molecule has 0 N–H and O–H groups in total. The lowest BCUT2D eigenvalue weighted by molar-refractivity contribution is 0.707. The fourth-order valence-electron chi connectivity index (χ4n) is 2.12. The van der Waals surface area contributed by atoms with Gasteiger partial charge in [-0.05, 0) is 13.8 Å². The van der Waals surface area contributed by atoms with Gasteiger partial charge in [0.2, 0.25) is 0 Å². The van der Waals surface area contributed by atoms with Gasteiger partial charge in [-0.15, -0.1) is 11.3 Å². The van der Waals surface area contributed by atoms with E-state index in [9.17, 15) is 9.59 Å². The summed E-state index contributed by atoms with van der Waals surface area (Å²) in [5.74, 6) is 0. The highest BCUT2D eigenvalue weighted by atomic mass is 32.1. The molecule has 7 heteroatoms. The molecular weight excluding hydrogens is 252 g/mol. The summed E-state index contributed by atoms with van der Waals surface area (Å²) in [5.41, 5.74) is 1.25. The van der Waals surface area contributed by atoms with Crippen LogP contribution in [0.2, 0.25) is 0 Å². The van der Waals surface area contributed by atoms with E-state index in [1.165, 1.54) is 23.0 Å². The average Bonchev–Trinajstić information content (AvgIpc) is 2.83. The Hall–Kier alpha value is -1.89. The van der Waals surface area contributed by atoms with Gasteiger partial charge in [-0.25, -0.2) is 9.78 Å². The van der Waals surface area contributed by atoms with E-state index in [-0.39, 0.29) is 11.2 Å². The molecule has 18 heavy (non-hydrogen) atoms. The third kappa shape index (κ3) is 1.14. The summed E-state index contributed by atoms with van der Waals surface area (Å²) in [4.78, 5) is 30.3. The Bertz CT molecular complexity index is 909. The first-order valence-electron chi connectivity index (χ1n) is 5.47. The van der Waals surface area contributed by atoms with Crippen LogP contribution in [-0.4, -0.2) is 18.5 Å². The number of nitrogens with zero attached hydrogens (tertiary/aromatic N) is 4. The first-order chi connectivity index (χ1) is 8.43. The first-order valence-corrected chi connectivity index (χ1v) is 6.29. The first kappa shape index (κ1) is 11.2. The maximum Gasteiger partial charge on any atom is 0.332 e. The van der Waals surface area contributed by atoms with Gasteiger partial charge in [0.15, 0.2) is 16.1 Å². The molecule has 94 valence electrons. The zero-order chi connectivity index (χ0) is 13.2. The van der Waals surface area contributed by atoms with Gasteiger partial charge in [-0.1, -0.05) is 0 Å². The van der Waals surface area contributed by atoms with Gasteiger partial charge in [-0.2, -0.15) is 0 Å². The largest absolute Gasteiger partial charge is 0.332 e. The molecule has 3 heterocycles. The average molecular weight is 264 g/mol. The van der Waals surface area contributed by atoms with E-state index in [1.807, 2.05) is 18.2 Å². The SMILES string of the molecule is Cc1sc2nc3c(c(=O)n(C)c(=O)n3C)n2c1C. The molecule has 0 aliphatic carbocycles. The molecule has 0 aromatic carbocycles. The molecular formula is C11H12N4O2S. The zero-order valence-corrected chi connectivity index (χ0v) is 11.3. The summed E-state index contributed by atoms with van der Waals surface area (Å²) in [6.07, 6.45) is 0. The van der Waals surface area contributed by atoms with Gasteiger partial charge in [0.1, 0.15) is 0 Å². The minimum Gasteiger partial charge on any atom is -0.281 e. The van der Waals surface area contributed by atoms with Crippen molar-refractivity contribution in [2.75, 3.05) is 0 Å². The van der Waals surface area contributed by atoms with Crippen molar-refractivity contribution in [2.24, 2.45) is 14.1 Å². The van der Waals surface area contributed by atoms with Crippen LogP contribution in [0, 0.1) is 13.8 Å². The fourth-order valence-corrected chi connectivity index (χ4v) is 3.09. The number of hydrogen-bond donors (Lipinski definition) is 0. The minimum atomic E-state index is -0.354. The molecule has 0 aliphatic heterocycles. The second-order valence-electron chi connectivity index (χ2n) is 4.35. The molecule has 0 saturated carbocycles. The van der Waals surface area contributed by atoms with Crippen LogP contribution in [0.25, 0.3) is 16.1 Å². The Labute approximate surface area is 106 Å². The van der Waals surface area contributed by atoms with E-state index in [0.717, 1.165) is 20.1 Å². The van der Waals surface area contributed by atoms with Gasteiger partial charge < -0.3 is 0 Å². The second-order valence-corrected chi connectivity index (χ2v) is 5.53. The summed E-state index contributed by atoms with van der Waals surface area (Å²) in [5, 5.41) is 0. The van der Waals surface area contributed by atoms with Gasteiger partial charge in [0, 0.05) is 24.7 Å². The van der Waals surface area contributed by atoms with Crippen molar-refractivity contribution < 1.29 is 0 Å². The molecule has 0 radical (unpaired) electrons. The third-order valence-corrected chi connectivity index (χ3v) is 4.37. The standard InChI is InChI=1S/C11H12N4O2S/c1-5-6(2)18-10-12-8-7(15(5)10)9(16)14(4)11(17)13(8)3/h1-4H3. The normalized spacial score (nSPS) is 11.8. The number of fused-ring (bicyclic) bond motifs is 3. The molecule has 0 saturated heterocycles. The third-order valence-electron chi connectivity index (χ3n) is 3.32. The predicted molar refractivity (Wildman–Crippen MR) is 70.5 cm³/mol. The molecule has 0 amide bonds. The van der Waals surface area contributed by atoms with Crippen LogP contribution in [0.5, 0.6) is 0 Å². The van der Waals surface area contributed by atoms with Gasteiger partial charge in [0.05, 0.1) is 0 Å². The van der Waals surface area contributed by atoms with E-state index in [2.05, 4.69) is 4.98 Å². The molecule has 0 unspecified atom stereocenters. The van der Waals surface area contributed by atoms with Crippen molar-refractivity contribution in [3.63, 3.8) is 0 Å². The van der Waals surface area contributed by atoms with Crippen LogP contribution in [0.15, 0.2) is 9.59 Å². The van der Waals surface area contributed by atoms with E-state index in [1.54, 1.807) is 7.05 Å². The van der Waals surface area contributed by atoms with Crippen LogP contribution in [0.4, 0.5) is 0 Å². The molecule has 3 aromatic rings. The smallest absolute Gasteiger partial charge is 0.281 e. The Balaban J connectivity index is 2.76. The van der Waals surface area contributed by atoms with Crippen LogP contribution >= 0.6 is 11.3 Å². The Morgan fingerprint density at radius 3 is 2.44 bits per heavy atom.